The van der Waals surface area contributed by atoms with Crippen LogP contribution in [0, 0.1) is 13.8 Å². The fourth-order valence-electron chi connectivity index (χ4n) is 2.66. The first kappa shape index (κ1) is 18.6. The number of benzene rings is 2. The van der Waals surface area contributed by atoms with Crippen LogP contribution < -0.4 is 4.74 Å². The Balaban J connectivity index is 1.96. The molecule has 1 N–H and O–H groups in total. The van der Waals surface area contributed by atoms with Gasteiger partial charge < -0.3 is 9.84 Å². The van der Waals surface area contributed by atoms with Gasteiger partial charge >= 0.3 is 5.97 Å². The highest BCUT2D eigenvalue weighted by Gasteiger charge is 2.11. The maximum Gasteiger partial charge on any atom is 0.328 e. The molecule has 3 aromatic rings. The summed E-state index contributed by atoms with van der Waals surface area (Å²) in [5.74, 6) is 0.323. The van der Waals surface area contributed by atoms with Crippen molar-refractivity contribution in [2.75, 3.05) is 0 Å². The number of nitrogens with zero attached hydrogens (tertiary/aromatic N) is 1. The van der Waals surface area contributed by atoms with E-state index in [4.69, 9.17) is 9.84 Å². The number of halogens is 2. The Kier molecular flexibility index (Phi) is 5.44. The fraction of sp³-hybridized carbons (Fsp3) is 0.100. The lowest BCUT2D eigenvalue weighted by Gasteiger charge is -2.12. The molecule has 0 unspecified atom stereocenters. The first-order chi connectivity index (χ1) is 12.3. The molecular weight excluding hydrogens is 462 g/mol. The van der Waals surface area contributed by atoms with Gasteiger partial charge in [-0.3, -0.25) is 4.98 Å². The number of carboxylic acid groups (broad SMARTS) is 1. The molecule has 26 heavy (non-hydrogen) atoms. The van der Waals surface area contributed by atoms with Crippen molar-refractivity contribution in [1.82, 2.24) is 4.98 Å². The number of pyridine rings is 1. The Morgan fingerprint density at radius 2 is 1.81 bits per heavy atom. The van der Waals surface area contributed by atoms with Crippen molar-refractivity contribution < 1.29 is 14.6 Å². The molecule has 0 aliphatic rings. The third kappa shape index (κ3) is 4.14. The number of carbonyl (C=O) groups is 1. The van der Waals surface area contributed by atoms with Crippen molar-refractivity contribution in [3.63, 3.8) is 0 Å². The van der Waals surface area contributed by atoms with E-state index in [1.54, 1.807) is 12.1 Å². The zero-order valence-corrected chi connectivity index (χ0v) is 17.3. The molecule has 0 saturated carbocycles. The predicted molar refractivity (Wildman–Crippen MR) is 110 cm³/mol. The largest absolute Gasteiger partial charge is 0.478 e. The molecule has 6 heteroatoms. The topological polar surface area (TPSA) is 59.4 Å². The van der Waals surface area contributed by atoms with Crippen molar-refractivity contribution >= 4 is 54.8 Å². The average Bonchev–Trinajstić information content (AvgIpc) is 2.56. The van der Waals surface area contributed by atoms with Gasteiger partial charge in [0.15, 0.2) is 5.75 Å². The third-order valence-electron chi connectivity index (χ3n) is 3.77. The first-order valence-electron chi connectivity index (χ1n) is 7.79. The van der Waals surface area contributed by atoms with Crippen LogP contribution in [-0.4, -0.2) is 16.1 Å². The van der Waals surface area contributed by atoms with Crippen molar-refractivity contribution in [3.05, 3.63) is 68.2 Å². The van der Waals surface area contributed by atoms with Crippen LogP contribution in [-0.2, 0) is 4.79 Å². The summed E-state index contributed by atoms with van der Waals surface area (Å²) in [5, 5.41) is 9.79. The number of carboxylic acids is 1. The smallest absolute Gasteiger partial charge is 0.328 e. The van der Waals surface area contributed by atoms with Crippen LogP contribution >= 0.6 is 31.9 Å². The lowest BCUT2D eigenvalue weighted by Crippen LogP contribution is -1.91. The highest BCUT2D eigenvalue weighted by Crippen LogP contribution is 2.38. The van der Waals surface area contributed by atoms with E-state index in [9.17, 15) is 4.79 Å². The number of hydrogen-bond donors (Lipinski definition) is 1. The van der Waals surface area contributed by atoms with E-state index >= 15 is 0 Å². The minimum Gasteiger partial charge on any atom is -0.478 e. The summed E-state index contributed by atoms with van der Waals surface area (Å²) in [6.07, 6.45) is 2.62. The molecule has 0 spiro atoms. The molecule has 132 valence electrons. The number of ether oxygens (including phenoxy) is 1. The first-order valence-corrected chi connectivity index (χ1v) is 9.38. The summed E-state index contributed by atoms with van der Waals surface area (Å²) in [7, 11) is 0. The van der Waals surface area contributed by atoms with Crippen LogP contribution in [0.1, 0.15) is 16.8 Å². The monoisotopic (exact) mass is 475 g/mol. The summed E-state index contributed by atoms with van der Waals surface area (Å²) in [5.41, 5.74) is 3.80. The maximum atomic E-state index is 10.7. The van der Waals surface area contributed by atoms with E-state index in [-0.39, 0.29) is 0 Å². The summed E-state index contributed by atoms with van der Waals surface area (Å²) in [4.78, 5) is 15.2. The molecule has 1 heterocycles. The van der Waals surface area contributed by atoms with E-state index in [1.807, 2.05) is 31.2 Å². The number of hydrogen-bond acceptors (Lipinski definition) is 3. The van der Waals surface area contributed by atoms with E-state index < -0.39 is 5.97 Å². The Bertz CT molecular complexity index is 1020. The Labute approximate surface area is 167 Å². The van der Waals surface area contributed by atoms with Gasteiger partial charge in [0, 0.05) is 17.2 Å². The molecule has 0 fully saturated rings. The molecule has 0 aliphatic heterocycles. The van der Waals surface area contributed by atoms with Gasteiger partial charge in [0.05, 0.1) is 14.5 Å². The maximum absolute atomic E-state index is 10.7. The van der Waals surface area contributed by atoms with Gasteiger partial charge in [-0.1, -0.05) is 0 Å². The van der Waals surface area contributed by atoms with Gasteiger partial charge in [0.2, 0.25) is 0 Å². The average molecular weight is 477 g/mol. The summed E-state index contributed by atoms with van der Waals surface area (Å²) in [6.45, 7) is 4.03. The van der Waals surface area contributed by atoms with Gasteiger partial charge in [-0.15, -0.1) is 0 Å². The standard InChI is InChI=1S/C20H15Br2NO3/c1-11-7-12(2)23-18-5-4-14(10-15(11)18)26-20-16(21)8-13(9-17(20)22)3-6-19(24)25/h3-10H,1-2H3,(H,24,25)/b6-3+. The van der Waals surface area contributed by atoms with Crippen molar-refractivity contribution in [1.29, 1.82) is 0 Å². The van der Waals surface area contributed by atoms with Gasteiger partial charge in [-0.05, 0) is 99.3 Å². The molecule has 0 aliphatic carbocycles. The molecule has 0 atom stereocenters. The summed E-state index contributed by atoms with van der Waals surface area (Å²) >= 11 is 6.98. The van der Waals surface area contributed by atoms with Crippen molar-refractivity contribution in [3.8, 4) is 11.5 Å². The summed E-state index contributed by atoms with van der Waals surface area (Å²) in [6, 6.07) is 11.4. The SMILES string of the molecule is Cc1cc(C)c2cc(Oc3c(Br)cc(/C=C/C(=O)O)cc3Br)ccc2n1. The van der Waals surface area contributed by atoms with Gasteiger partial charge in [-0.2, -0.15) is 0 Å². The Morgan fingerprint density at radius 3 is 2.46 bits per heavy atom. The van der Waals surface area contributed by atoms with Gasteiger partial charge in [0.1, 0.15) is 5.75 Å². The highest BCUT2D eigenvalue weighted by atomic mass is 79.9. The quantitative estimate of drug-likeness (QED) is 0.451. The van der Waals surface area contributed by atoms with Crippen LogP contribution in [0.4, 0.5) is 0 Å². The second kappa shape index (κ2) is 7.60. The van der Waals surface area contributed by atoms with E-state index in [1.165, 1.54) is 6.08 Å². The number of fused-ring (bicyclic) bond motifs is 1. The third-order valence-corrected chi connectivity index (χ3v) is 4.95. The Hall–Kier alpha value is -2.18. The molecule has 3 rings (SSSR count). The minimum absolute atomic E-state index is 0.620. The van der Waals surface area contributed by atoms with Gasteiger partial charge in [0.25, 0.3) is 0 Å². The van der Waals surface area contributed by atoms with Crippen molar-refractivity contribution in [2.45, 2.75) is 13.8 Å². The van der Waals surface area contributed by atoms with E-state index in [0.29, 0.717) is 11.5 Å². The highest BCUT2D eigenvalue weighted by molar-refractivity contribution is 9.11. The van der Waals surface area contributed by atoms with Crippen LogP contribution in [0.15, 0.2) is 51.4 Å². The van der Waals surface area contributed by atoms with Crippen LogP contribution in [0.2, 0.25) is 0 Å². The lowest BCUT2D eigenvalue weighted by molar-refractivity contribution is -0.131. The van der Waals surface area contributed by atoms with Gasteiger partial charge in [-0.25, -0.2) is 4.79 Å². The number of aryl methyl sites for hydroxylation is 2. The van der Waals surface area contributed by atoms with Crippen LogP contribution in [0.25, 0.3) is 17.0 Å². The zero-order valence-electron chi connectivity index (χ0n) is 14.1. The van der Waals surface area contributed by atoms with Crippen LogP contribution in [0.5, 0.6) is 11.5 Å². The molecule has 4 nitrogen and oxygen atoms in total. The molecule has 1 aromatic heterocycles. The molecule has 0 radical (unpaired) electrons. The van der Waals surface area contributed by atoms with Crippen LogP contribution in [0.3, 0.4) is 0 Å². The Morgan fingerprint density at radius 1 is 1.12 bits per heavy atom. The fourth-order valence-corrected chi connectivity index (χ4v) is 4.05. The van der Waals surface area contributed by atoms with E-state index in [2.05, 4.69) is 43.8 Å². The predicted octanol–water partition coefficient (Wildman–Crippen LogP) is 6.27. The summed E-state index contributed by atoms with van der Waals surface area (Å²) < 4.78 is 7.49. The lowest BCUT2D eigenvalue weighted by atomic mass is 10.1. The normalized spacial score (nSPS) is 11.2. The van der Waals surface area contributed by atoms with Crippen molar-refractivity contribution in [2.24, 2.45) is 0 Å². The number of rotatable bonds is 4. The number of aliphatic carboxylic acids is 1. The molecule has 2 aromatic carbocycles. The molecular formula is C20H15Br2NO3. The molecule has 0 amide bonds. The minimum atomic E-state index is -0.993. The zero-order chi connectivity index (χ0) is 18.8. The number of aromatic nitrogens is 1. The molecule has 0 saturated heterocycles. The second-order valence-corrected chi connectivity index (χ2v) is 7.56. The van der Waals surface area contributed by atoms with E-state index in [0.717, 1.165) is 42.7 Å². The molecule has 0 bridgehead atoms. The second-order valence-electron chi connectivity index (χ2n) is 5.85.